The second-order valence-corrected chi connectivity index (χ2v) is 6.58. The van der Waals surface area contributed by atoms with Crippen molar-refractivity contribution in [1.82, 2.24) is 5.32 Å². The lowest BCUT2D eigenvalue weighted by Gasteiger charge is -2.04. The highest BCUT2D eigenvalue weighted by atomic mass is 35.5. The van der Waals surface area contributed by atoms with Crippen molar-refractivity contribution in [3.8, 4) is 6.07 Å². The molecule has 24 heavy (non-hydrogen) atoms. The van der Waals surface area contributed by atoms with Crippen LogP contribution in [0.1, 0.15) is 10.4 Å². The third kappa shape index (κ3) is 3.48. The second-order valence-electron chi connectivity index (χ2n) is 5.11. The molecule has 0 aliphatic heterocycles. The van der Waals surface area contributed by atoms with Crippen LogP contribution in [0.5, 0.6) is 0 Å². The number of thiophene rings is 1. The minimum atomic E-state index is -0.408. The molecule has 0 saturated heterocycles. The molecule has 0 atom stereocenters. The van der Waals surface area contributed by atoms with E-state index < -0.39 is 5.91 Å². The van der Waals surface area contributed by atoms with Crippen LogP contribution in [-0.4, -0.2) is 5.91 Å². The smallest absolute Gasteiger partial charge is 0.262 e. The Hall–Kier alpha value is -2.61. The maximum atomic E-state index is 12.2. The van der Waals surface area contributed by atoms with Crippen LogP contribution in [-0.2, 0) is 11.3 Å². The minimum absolute atomic E-state index is 0.0411. The van der Waals surface area contributed by atoms with Crippen LogP contribution in [0.15, 0.2) is 60.2 Å². The summed E-state index contributed by atoms with van der Waals surface area (Å²) in [5.74, 6) is -0.408. The molecule has 0 aliphatic rings. The van der Waals surface area contributed by atoms with Gasteiger partial charge in [-0.3, -0.25) is 4.79 Å². The van der Waals surface area contributed by atoms with Gasteiger partial charge in [0.05, 0.1) is 5.02 Å². The Morgan fingerprint density at radius 1 is 1.17 bits per heavy atom. The zero-order valence-corrected chi connectivity index (χ0v) is 14.2. The van der Waals surface area contributed by atoms with Crippen molar-refractivity contribution < 1.29 is 4.79 Å². The Morgan fingerprint density at radius 3 is 2.58 bits per heavy atom. The van der Waals surface area contributed by atoms with Gasteiger partial charge in [0.1, 0.15) is 11.6 Å². The van der Waals surface area contributed by atoms with Gasteiger partial charge in [-0.15, -0.1) is 11.3 Å². The van der Waals surface area contributed by atoms with Crippen LogP contribution in [0, 0.1) is 11.3 Å². The van der Waals surface area contributed by atoms with E-state index in [0.717, 1.165) is 15.6 Å². The number of carbonyl (C=O) groups is 1. The quantitative estimate of drug-likeness (QED) is 0.542. The Balaban J connectivity index is 1.82. The molecule has 1 heterocycles. The van der Waals surface area contributed by atoms with Crippen LogP contribution in [0.2, 0.25) is 5.02 Å². The predicted molar refractivity (Wildman–Crippen MR) is 98.7 cm³/mol. The summed E-state index contributed by atoms with van der Waals surface area (Å²) in [6.07, 6.45) is 1.55. The number of nitrogens with zero attached hydrogens (tertiary/aromatic N) is 1. The van der Waals surface area contributed by atoms with Crippen molar-refractivity contribution in [2.24, 2.45) is 0 Å². The fourth-order valence-corrected chi connectivity index (χ4v) is 3.71. The Bertz CT molecular complexity index is 954. The average molecular weight is 353 g/mol. The minimum Gasteiger partial charge on any atom is -0.347 e. The van der Waals surface area contributed by atoms with Crippen molar-refractivity contribution in [2.75, 3.05) is 0 Å². The second kappa shape index (κ2) is 7.31. The fraction of sp³-hybridized carbons (Fsp3) is 0.0526. The number of rotatable bonds is 4. The maximum absolute atomic E-state index is 12.2. The Kier molecular flexibility index (Phi) is 4.95. The van der Waals surface area contributed by atoms with Crippen molar-refractivity contribution in [2.45, 2.75) is 6.54 Å². The first-order chi connectivity index (χ1) is 11.7. The van der Waals surface area contributed by atoms with Crippen molar-refractivity contribution in [3.05, 3.63) is 75.6 Å². The first-order valence-electron chi connectivity index (χ1n) is 7.30. The van der Waals surface area contributed by atoms with Crippen LogP contribution in [0.4, 0.5) is 0 Å². The SMILES string of the molecule is N#C/C(=C\c1sc2ccccc2c1Cl)C(=O)NCc1ccccc1. The summed E-state index contributed by atoms with van der Waals surface area (Å²) in [7, 11) is 0. The van der Waals surface area contributed by atoms with Gasteiger partial charge in [0.25, 0.3) is 5.91 Å². The molecule has 0 fully saturated rings. The lowest BCUT2D eigenvalue weighted by atomic mass is 10.2. The molecule has 5 heteroatoms. The van der Waals surface area contributed by atoms with Gasteiger partial charge in [0, 0.05) is 21.5 Å². The van der Waals surface area contributed by atoms with E-state index in [1.54, 1.807) is 6.08 Å². The van der Waals surface area contributed by atoms with E-state index in [1.807, 2.05) is 60.7 Å². The molecular weight excluding hydrogens is 340 g/mol. The molecule has 2 aromatic carbocycles. The first kappa shape index (κ1) is 16.3. The van der Waals surface area contributed by atoms with Gasteiger partial charge in [-0.05, 0) is 17.7 Å². The van der Waals surface area contributed by atoms with E-state index in [4.69, 9.17) is 11.6 Å². The molecule has 0 unspecified atom stereocenters. The van der Waals surface area contributed by atoms with Crippen LogP contribution >= 0.6 is 22.9 Å². The summed E-state index contributed by atoms with van der Waals surface area (Å²) < 4.78 is 1.02. The van der Waals surface area contributed by atoms with Gasteiger partial charge in [0.2, 0.25) is 0 Å². The number of fused-ring (bicyclic) bond motifs is 1. The van der Waals surface area contributed by atoms with Gasteiger partial charge in [-0.25, -0.2) is 0 Å². The monoisotopic (exact) mass is 352 g/mol. The molecule has 3 aromatic rings. The molecule has 118 valence electrons. The van der Waals surface area contributed by atoms with Crippen molar-refractivity contribution >= 4 is 45.0 Å². The van der Waals surface area contributed by atoms with E-state index in [2.05, 4.69) is 5.32 Å². The molecule has 1 aromatic heterocycles. The van der Waals surface area contributed by atoms with E-state index in [9.17, 15) is 10.1 Å². The van der Waals surface area contributed by atoms with Gasteiger partial charge in [-0.2, -0.15) is 5.26 Å². The number of amides is 1. The van der Waals surface area contributed by atoms with Gasteiger partial charge in [0.15, 0.2) is 0 Å². The van der Waals surface area contributed by atoms with E-state index in [1.165, 1.54) is 11.3 Å². The summed E-state index contributed by atoms with van der Waals surface area (Å²) in [5.41, 5.74) is 1.02. The number of nitrogens with one attached hydrogen (secondary N) is 1. The summed E-state index contributed by atoms with van der Waals surface area (Å²) in [5, 5.41) is 13.6. The number of benzene rings is 2. The van der Waals surface area contributed by atoms with Gasteiger partial charge < -0.3 is 5.32 Å². The number of carbonyl (C=O) groups excluding carboxylic acids is 1. The number of hydrogen-bond acceptors (Lipinski definition) is 3. The van der Waals surface area contributed by atoms with Crippen LogP contribution < -0.4 is 5.32 Å². The molecule has 0 aliphatic carbocycles. The van der Waals surface area contributed by atoms with Crippen LogP contribution in [0.3, 0.4) is 0 Å². The highest BCUT2D eigenvalue weighted by Crippen LogP contribution is 2.36. The summed E-state index contributed by atoms with van der Waals surface area (Å²) in [4.78, 5) is 13.0. The summed E-state index contributed by atoms with van der Waals surface area (Å²) in [6.45, 7) is 0.374. The number of hydrogen-bond donors (Lipinski definition) is 1. The third-order valence-electron chi connectivity index (χ3n) is 3.50. The van der Waals surface area contributed by atoms with Crippen molar-refractivity contribution in [1.29, 1.82) is 5.26 Å². The largest absolute Gasteiger partial charge is 0.347 e. The van der Waals surface area contributed by atoms with Gasteiger partial charge in [-0.1, -0.05) is 60.1 Å². The number of nitriles is 1. The zero-order valence-electron chi connectivity index (χ0n) is 12.6. The third-order valence-corrected chi connectivity index (χ3v) is 5.13. The Labute approximate surface area is 148 Å². The average Bonchev–Trinajstić information content (AvgIpc) is 2.94. The van der Waals surface area contributed by atoms with Crippen LogP contribution in [0.25, 0.3) is 16.2 Å². The van der Waals surface area contributed by atoms with E-state index >= 15 is 0 Å². The number of halogens is 1. The zero-order chi connectivity index (χ0) is 16.9. The molecule has 0 bridgehead atoms. The fourth-order valence-electron chi connectivity index (χ4n) is 2.28. The molecule has 0 spiro atoms. The standard InChI is InChI=1S/C19H13ClN2OS/c20-18-15-8-4-5-9-16(15)24-17(18)10-14(11-21)19(23)22-12-13-6-2-1-3-7-13/h1-10H,12H2,(H,22,23)/b14-10+. The summed E-state index contributed by atoms with van der Waals surface area (Å²) in [6, 6.07) is 19.2. The normalized spacial score (nSPS) is 11.2. The van der Waals surface area contributed by atoms with E-state index in [-0.39, 0.29) is 5.57 Å². The molecular formula is C19H13ClN2OS. The van der Waals surface area contributed by atoms with Gasteiger partial charge >= 0.3 is 0 Å². The topological polar surface area (TPSA) is 52.9 Å². The first-order valence-corrected chi connectivity index (χ1v) is 8.49. The Morgan fingerprint density at radius 2 is 1.88 bits per heavy atom. The summed E-state index contributed by atoms with van der Waals surface area (Å²) >= 11 is 7.82. The molecule has 0 radical (unpaired) electrons. The maximum Gasteiger partial charge on any atom is 0.262 e. The molecule has 0 saturated carbocycles. The van der Waals surface area contributed by atoms with Crippen molar-refractivity contribution in [3.63, 3.8) is 0 Å². The lowest BCUT2D eigenvalue weighted by molar-refractivity contribution is -0.117. The lowest BCUT2D eigenvalue weighted by Crippen LogP contribution is -2.23. The highest BCUT2D eigenvalue weighted by Gasteiger charge is 2.13. The molecule has 1 N–H and O–H groups in total. The molecule has 1 amide bonds. The molecule has 3 rings (SSSR count). The highest BCUT2D eigenvalue weighted by molar-refractivity contribution is 7.20. The van der Waals surface area contributed by atoms with E-state index in [0.29, 0.717) is 16.4 Å². The molecule has 3 nitrogen and oxygen atoms in total. The predicted octanol–water partition coefficient (Wildman–Crippen LogP) is 4.78.